The predicted octanol–water partition coefficient (Wildman–Crippen LogP) is 0.936. The molecule has 0 atom stereocenters. The first-order valence-electron chi connectivity index (χ1n) is 5.12. The maximum absolute atomic E-state index is 4.14. The van der Waals surface area contributed by atoms with E-state index >= 15 is 0 Å². The van der Waals surface area contributed by atoms with Crippen molar-refractivity contribution in [1.29, 1.82) is 0 Å². The van der Waals surface area contributed by atoms with Crippen molar-refractivity contribution >= 4 is 17.6 Å². The first kappa shape index (κ1) is 10.7. The molecule has 0 unspecified atom stereocenters. The molecule has 0 amide bonds. The van der Waals surface area contributed by atoms with E-state index in [-0.39, 0.29) is 0 Å². The molecule has 82 valence electrons. The molecule has 0 spiro atoms. The van der Waals surface area contributed by atoms with Gasteiger partial charge in [-0.05, 0) is 12.3 Å². The fraction of sp³-hybridized carbons (Fsp3) is 0.600. The molecule has 0 bridgehead atoms. The fourth-order valence-corrected chi connectivity index (χ4v) is 2.09. The number of hydrogen-bond acceptors (Lipinski definition) is 5. The van der Waals surface area contributed by atoms with E-state index in [9.17, 15) is 0 Å². The molecular formula is C10H16N4S. The van der Waals surface area contributed by atoms with Gasteiger partial charge in [0, 0.05) is 31.6 Å². The molecule has 1 aliphatic rings. The van der Waals surface area contributed by atoms with E-state index in [1.54, 1.807) is 12.5 Å². The monoisotopic (exact) mass is 224 g/mol. The Morgan fingerprint density at radius 3 is 3.13 bits per heavy atom. The van der Waals surface area contributed by atoms with Crippen molar-refractivity contribution in [1.82, 2.24) is 14.9 Å². The number of anilines is 1. The summed E-state index contributed by atoms with van der Waals surface area (Å²) in [6.45, 7) is 3.46. The topological polar surface area (TPSA) is 41.0 Å². The lowest BCUT2D eigenvalue weighted by atomic mass is 10.1. The number of nitrogens with one attached hydrogen (secondary N) is 1. The lowest BCUT2D eigenvalue weighted by Crippen LogP contribution is -2.55. The largest absolute Gasteiger partial charge is 0.365 e. The highest BCUT2D eigenvalue weighted by Crippen LogP contribution is 2.13. The molecule has 2 heterocycles. The average molecular weight is 224 g/mol. The Morgan fingerprint density at radius 1 is 1.60 bits per heavy atom. The second-order valence-electron chi connectivity index (χ2n) is 3.69. The van der Waals surface area contributed by atoms with Gasteiger partial charge in [-0.1, -0.05) is 0 Å². The summed E-state index contributed by atoms with van der Waals surface area (Å²) >= 11 is 1.90. The zero-order valence-corrected chi connectivity index (χ0v) is 9.70. The highest BCUT2D eigenvalue weighted by atomic mass is 32.2. The Hall–Kier alpha value is -0.810. The Kier molecular flexibility index (Phi) is 3.80. The molecule has 4 nitrogen and oxygen atoms in total. The lowest BCUT2D eigenvalue weighted by Gasteiger charge is -2.39. The van der Waals surface area contributed by atoms with Gasteiger partial charge in [-0.25, -0.2) is 9.97 Å². The molecule has 1 saturated heterocycles. The van der Waals surface area contributed by atoms with E-state index in [0.717, 1.165) is 18.9 Å². The third-order valence-electron chi connectivity index (χ3n) is 2.50. The summed E-state index contributed by atoms with van der Waals surface area (Å²) < 4.78 is 0. The average Bonchev–Trinajstić information content (AvgIpc) is 2.23. The number of nitrogens with zero attached hydrogens (tertiary/aromatic N) is 3. The molecule has 0 saturated carbocycles. The van der Waals surface area contributed by atoms with Crippen LogP contribution in [-0.2, 0) is 0 Å². The van der Waals surface area contributed by atoms with Crippen LogP contribution in [0.4, 0.5) is 5.82 Å². The van der Waals surface area contributed by atoms with E-state index in [1.165, 1.54) is 12.3 Å². The molecular weight excluding hydrogens is 208 g/mol. The molecule has 0 radical (unpaired) electrons. The number of rotatable bonds is 5. The normalized spacial score (nSPS) is 17.4. The Labute approximate surface area is 94.5 Å². The van der Waals surface area contributed by atoms with E-state index in [4.69, 9.17) is 0 Å². The van der Waals surface area contributed by atoms with Gasteiger partial charge in [-0.2, -0.15) is 11.8 Å². The Balaban J connectivity index is 1.68. The minimum Gasteiger partial charge on any atom is -0.365 e. The van der Waals surface area contributed by atoms with E-state index < -0.39 is 0 Å². The number of hydrogen-bond donors (Lipinski definition) is 1. The summed E-state index contributed by atoms with van der Waals surface area (Å²) in [4.78, 5) is 10.5. The van der Waals surface area contributed by atoms with Gasteiger partial charge in [-0.15, -0.1) is 0 Å². The highest BCUT2D eigenvalue weighted by Gasteiger charge is 2.25. The van der Waals surface area contributed by atoms with E-state index in [1.807, 2.05) is 17.8 Å². The molecule has 0 aromatic carbocycles. The van der Waals surface area contributed by atoms with Gasteiger partial charge in [0.15, 0.2) is 0 Å². The van der Waals surface area contributed by atoms with Gasteiger partial charge in [0.25, 0.3) is 0 Å². The number of likely N-dealkylation sites (tertiary alicyclic amines) is 1. The van der Waals surface area contributed by atoms with Crippen LogP contribution in [0.5, 0.6) is 0 Å². The van der Waals surface area contributed by atoms with Gasteiger partial charge in [-0.3, -0.25) is 4.90 Å². The van der Waals surface area contributed by atoms with E-state index in [2.05, 4.69) is 26.4 Å². The van der Waals surface area contributed by atoms with Crippen LogP contribution in [0.1, 0.15) is 0 Å². The second kappa shape index (κ2) is 5.32. The van der Waals surface area contributed by atoms with Crippen molar-refractivity contribution in [3.8, 4) is 0 Å². The zero-order chi connectivity index (χ0) is 10.5. The molecule has 1 aromatic heterocycles. The first-order valence-corrected chi connectivity index (χ1v) is 6.51. The standard InChI is InChI=1S/C10H16N4S/c1-15-5-4-14-6-9(7-14)13-10-2-3-11-8-12-10/h2-3,8-9H,4-7H2,1H3,(H,11,12,13). The fourth-order valence-electron chi connectivity index (χ4n) is 1.65. The first-order chi connectivity index (χ1) is 7.38. The molecule has 1 fully saturated rings. The van der Waals surface area contributed by atoms with Gasteiger partial charge in [0.2, 0.25) is 0 Å². The molecule has 15 heavy (non-hydrogen) atoms. The van der Waals surface area contributed by atoms with Crippen LogP contribution in [-0.4, -0.2) is 52.6 Å². The highest BCUT2D eigenvalue weighted by molar-refractivity contribution is 7.98. The SMILES string of the molecule is CSCCN1CC(Nc2ccncn2)C1. The summed E-state index contributed by atoms with van der Waals surface area (Å²) in [7, 11) is 0. The number of thioether (sulfide) groups is 1. The number of aromatic nitrogens is 2. The van der Waals surface area contributed by atoms with Crippen molar-refractivity contribution in [3.63, 3.8) is 0 Å². The lowest BCUT2D eigenvalue weighted by molar-refractivity contribution is 0.173. The van der Waals surface area contributed by atoms with Crippen LogP contribution in [0.3, 0.4) is 0 Å². The maximum atomic E-state index is 4.14. The van der Waals surface area contributed by atoms with Crippen molar-refractivity contribution < 1.29 is 0 Å². The molecule has 1 aliphatic heterocycles. The van der Waals surface area contributed by atoms with E-state index in [0.29, 0.717) is 6.04 Å². The smallest absolute Gasteiger partial charge is 0.129 e. The molecule has 2 rings (SSSR count). The van der Waals surface area contributed by atoms with Gasteiger partial charge in [0.05, 0.1) is 6.04 Å². The summed E-state index contributed by atoms with van der Waals surface area (Å²) in [5.41, 5.74) is 0. The van der Waals surface area contributed by atoms with Gasteiger partial charge in [0.1, 0.15) is 12.1 Å². The summed E-state index contributed by atoms with van der Waals surface area (Å²) in [5, 5.41) is 3.39. The molecule has 1 aromatic rings. The predicted molar refractivity (Wildman–Crippen MR) is 64.3 cm³/mol. The quantitative estimate of drug-likeness (QED) is 0.806. The van der Waals surface area contributed by atoms with Crippen molar-refractivity contribution in [2.24, 2.45) is 0 Å². The third kappa shape index (κ3) is 3.07. The second-order valence-corrected chi connectivity index (χ2v) is 4.67. The van der Waals surface area contributed by atoms with Crippen LogP contribution in [0.2, 0.25) is 0 Å². The van der Waals surface area contributed by atoms with Crippen LogP contribution in [0.25, 0.3) is 0 Å². The summed E-state index contributed by atoms with van der Waals surface area (Å²) in [5.74, 6) is 2.15. The van der Waals surface area contributed by atoms with Crippen LogP contribution < -0.4 is 5.32 Å². The zero-order valence-electron chi connectivity index (χ0n) is 8.89. The Bertz CT molecular complexity index is 287. The van der Waals surface area contributed by atoms with Gasteiger partial charge >= 0.3 is 0 Å². The summed E-state index contributed by atoms with van der Waals surface area (Å²) in [6.07, 6.45) is 5.49. The summed E-state index contributed by atoms with van der Waals surface area (Å²) in [6, 6.07) is 2.46. The minimum atomic E-state index is 0.557. The van der Waals surface area contributed by atoms with Crippen molar-refractivity contribution in [2.75, 3.05) is 37.0 Å². The van der Waals surface area contributed by atoms with Crippen molar-refractivity contribution in [3.05, 3.63) is 18.6 Å². The maximum Gasteiger partial charge on any atom is 0.129 e. The molecule has 5 heteroatoms. The van der Waals surface area contributed by atoms with Crippen molar-refractivity contribution in [2.45, 2.75) is 6.04 Å². The van der Waals surface area contributed by atoms with Crippen LogP contribution >= 0.6 is 11.8 Å². The van der Waals surface area contributed by atoms with Crippen LogP contribution in [0, 0.1) is 0 Å². The van der Waals surface area contributed by atoms with Crippen LogP contribution in [0.15, 0.2) is 18.6 Å². The third-order valence-corrected chi connectivity index (χ3v) is 3.09. The van der Waals surface area contributed by atoms with Gasteiger partial charge < -0.3 is 5.32 Å². The Morgan fingerprint density at radius 2 is 2.47 bits per heavy atom. The molecule has 1 N–H and O–H groups in total. The molecule has 0 aliphatic carbocycles. The minimum absolute atomic E-state index is 0.557.